The fourth-order valence-corrected chi connectivity index (χ4v) is 1.91. The fourth-order valence-electron chi connectivity index (χ4n) is 1.91. The molecule has 0 spiro atoms. The van der Waals surface area contributed by atoms with Crippen molar-refractivity contribution in [3.63, 3.8) is 0 Å². The molecule has 0 N–H and O–H groups in total. The Hall–Kier alpha value is -0.300. The van der Waals surface area contributed by atoms with E-state index in [0.717, 1.165) is 0 Å². The van der Waals surface area contributed by atoms with Crippen molar-refractivity contribution in [2.75, 3.05) is 19.6 Å². The maximum absolute atomic E-state index is 3.36. The lowest BCUT2D eigenvalue weighted by Gasteiger charge is -2.20. The summed E-state index contributed by atoms with van der Waals surface area (Å²) in [5, 5.41) is 0. The zero-order valence-electron chi connectivity index (χ0n) is 16.8. The van der Waals surface area contributed by atoms with Crippen molar-refractivity contribution in [1.82, 2.24) is 4.90 Å². The number of nitrogens with zero attached hydrogens (tertiary/aromatic N) is 1. The smallest absolute Gasteiger partial charge is 0.00187 e. The quantitative estimate of drug-likeness (QED) is 0.302. The second-order valence-electron chi connectivity index (χ2n) is 4.66. The Morgan fingerprint density at radius 3 is 1.38 bits per heavy atom. The van der Waals surface area contributed by atoms with Crippen LogP contribution in [0.2, 0.25) is 0 Å². The molecule has 0 heterocycles. The van der Waals surface area contributed by atoms with E-state index < -0.39 is 0 Å². The minimum Gasteiger partial charge on any atom is -0.303 e. The first-order valence-electron chi connectivity index (χ1n) is 9.56. The minimum absolute atomic E-state index is 1.29. The molecule has 0 saturated heterocycles. The standard InChI is InChI=1S/C13H29N.C3H6.2C2H6/c1-4-7-8-9-10-13-14(11-5-2)12-6-3;1-3-2;2*1-2/h4-13H2,1-3H3;3H,1H2,2H3;2*1-2H3. The highest BCUT2D eigenvalue weighted by atomic mass is 15.1. The van der Waals surface area contributed by atoms with E-state index in [2.05, 4.69) is 32.3 Å². The van der Waals surface area contributed by atoms with Crippen LogP contribution in [0.1, 0.15) is 100 Å². The topological polar surface area (TPSA) is 3.24 Å². The molecule has 0 rings (SSSR count). The monoisotopic (exact) mass is 301 g/mol. The molecule has 0 amide bonds. The van der Waals surface area contributed by atoms with Crippen LogP contribution in [0.3, 0.4) is 0 Å². The van der Waals surface area contributed by atoms with Crippen LogP contribution < -0.4 is 0 Å². The van der Waals surface area contributed by atoms with Crippen molar-refractivity contribution in [2.45, 2.75) is 100 Å². The lowest BCUT2D eigenvalue weighted by molar-refractivity contribution is 0.268. The van der Waals surface area contributed by atoms with E-state index in [-0.39, 0.29) is 0 Å². The average Bonchev–Trinajstić information content (AvgIpc) is 2.52. The van der Waals surface area contributed by atoms with Gasteiger partial charge in [-0.05, 0) is 45.8 Å². The molecule has 0 unspecified atom stereocenters. The Kier molecular flexibility index (Phi) is 50.3. The van der Waals surface area contributed by atoms with E-state index in [1.165, 1.54) is 64.6 Å². The molecule has 1 nitrogen and oxygen atoms in total. The molecule has 0 aromatic heterocycles. The van der Waals surface area contributed by atoms with E-state index in [4.69, 9.17) is 0 Å². The van der Waals surface area contributed by atoms with E-state index in [0.29, 0.717) is 0 Å². The number of allylic oxidation sites excluding steroid dienone is 1. The Bertz CT molecular complexity index is 126. The van der Waals surface area contributed by atoms with Crippen molar-refractivity contribution in [3.8, 4) is 0 Å². The Balaban J connectivity index is -0.000000176. The normalized spacial score (nSPS) is 8.62. The third-order valence-corrected chi connectivity index (χ3v) is 2.66. The summed E-state index contributed by atoms with van der Waals surface area (Å²) in [5.74, 6) is 0. The molecule has 0 aromatic rings. The van der Waals surface area contributed by atoms with Gasteiger partial charge >= 0.3 is 0 Å². The van der Waals surface area contributed by atoms with E-state index in [9.17, 15) is 0 Å². The molecule has 21 heavy (non-hydrogen) atoms. The first-order chi connectivity index (χ1) is 10.3. The molecule has 0 aromatic carbocycles. The largest absolute Gasteiger partial charge is 0.303 e. The summed E-state index contributed by atoms with van der Waals surface area (Å²) >= 11 is 0. The van der Waals surface area contributed by atoms with Gasteiger partial charge in [0.1, 0.15) is 0 Å². The Morgan fingerprint density at radius 1 is 0.667 bits per heavy atom. The van der Waals surface area contributed by atoms with E-state index in [1.54, 1.807) is 6.08 Å². The molecule has 0 aliphatic rings. The maximum Gasteiger partial charge on any atom is -0.00187 e. The number of hydrogen-bond acceptors (Lipinski definition) is 1. The highest BCUT2D eigenvalue weighted by Gasteiger charge is 2.00. The third kappa shape index (κ3) is 38.3. The summed E-state index contributed by atoms with van der Waals surface area (Å²) in [4.78, 5) is 2.62. The van der Waals surface area contributed by atoms with Gasteiger partial charge in [-0.1, -0.05) is 80.2 Å². The molecular weight excluding hydrogens is 254 g/mol. The third-order valence-electron chi connectivity index (χ3n) is 2.66. The fraction of sp³-hybridized carbons (Fsp3) is 0.900. The van der Waals surface area contributed by atoms with Crippen LogP contribution in [0.15, 0.2) is 12.7 Å². The van der Waals surface area contributed by atoms with Gasteiger partial charge in [0, 0.05) is 0 Å². The predicted octanol–water partition coefficient (Wildman–Crippen LogP) is 7.32. The second kappa shape index (κ2) is 36.7. The van der Waals surface area contributed by atoms with Gasteiger partial charge in [0.15, 0.2) is 0 Å². The molecule has 132 valence electrons. The van der Waals surface area contributed by atoms with Crippen LogP contribution in [0, 0.1) is 0 Å². The van der Waals surface area contributed by atoms with Crippen LogP contribution >= 0.6 is 0 Å². The van der Waals surface area contributed by atoms with Crippen LogP contribution in [0.25, 0.3) is 0 Å². The molecule has 0 radical (unpaired) electrons. The van der Waals surface area contributed by atoms with Crippen molar-refractivity contribution in [2.24, 2.45) is 0 Å². The summed E-state index contributed by atoms with van der Waals surface area (Å²) in [6, 6.07) is 0. The summed E-state index contributed by atoms with van der Waals surface area (Å²) in [6.07, 6.45) is 11.4. The van der Waals surface area contributed by atoms with Crippen LogP contribution in [0.5, 0.6) is 0 Å². The van der Waals surface area contributed by atoms with E-state index >= 15 is 0 Å². The first kappa shape index (κ1) is 28.8. The van der Waals surface area contributed by atoms with Crippen LogP contribution in [0.4, 0.5) is 0 Å². The zero-order chi connectivity index (χ0) is 17.4. The molecule has 0 atom stereocenters. The minimum atomic E-state index is 1.29. The maximum atomic E-state index is 3.36. The number of rotatable bonds is 10. The van der Waals surface area contributed by atoms with Crippen molar-refractivity contribution in [3.05, 3.63) is 12.7 Å². The number of unbranched alkanes of at least 4 members (excludes halogenated alkanes) is 4. The Labute approximate surface area is 138 Å². The summed E-state index contributed by atoms with van der Waals surface area (Å²) in [6.45, 7) is 24.0. The average molecular weight is 302 g/mol. The molecule has 0 aliphatic heterocycles. The Morgan fingerprint density at radius 2 is 1.05 bits per heavy atom. The van der Waals surface area contributed by atoms with Crippen molar-refractivity contribution in [1.29, 1.82) is 0 Å². The summed E-state index contributed by atoms with van der Waals surface area (Å²) in [7, 11) is 0. The molecule has 0 fully saturated rings. The second-order valence-corrected chi connectivity index (χ2v) is 4.66. The van der Waals surface area contributed by atoms with Crippen LogP contribution in [-0.4, -0.2) is 24.5 Å². The molecule has 0 saturated carbocycles. The lowest BCUT2D eigenvalue weighted by atomic mass is 10.1. The summed E-state index contributed by atoms with van der Waals surface area (Å²) < 4.78 is 0. The van der Waals surface area contributed by atoms with Gasteiger partial charge in [0.25, 0.3) is 0 Å². The SMILES string of the molecule is C=CC.CC.CC.CCCCCCCN(CCC)CCC. The van der Waals surface area contributed by atoms with Gasteiger partial charge in [-0.3, -0.25) is 0 Å². The lowest BCUT2D eigenvalue weighted by Crippen LogP contribution is -2.26. The van der Waals surface area contributed by atoms with E-state index in [1.807, 2.05) is 34.6 Å². The predicted molar refractivity (Wildman–Crippen MR) is 104 cm³/mol. The van der Waals surface area contributed by atoms with Gasteiger partial charge in [-0.2, -0.15) is 0 Å². The summed E-state index contributed by atoms with van der Waals surface area (Å²) in [5.41, 5.74) is 0. The zero-order valence-corrected chi connectivity index (χ0v) is 16.8. The number of hydrogen-bond donors (Lipinski definition) is 0. The molecule has 0 aliphatic carbocycles. The van der Waals surface area contributed by atoms with Gasteiger partial charge in [0.05, 0.1) is 0 Å². The van der Waals surface area contributed by atoms with Gasteiger partial charge in [-0.25, -0.2) is 0 Å². The van der Waals surface area contributed by atoms with Crippen LogP contribution in [-0.2, 0) is 0 Å². The first-order valence-corrected chi connectivity index (χ1v) is 9.56. The van der Waals surface area contributed by atoms with Gasteiger partial charge < -0.3 is 4.90 Å². The van der Waals surface area contributed by atoms with Gasteiger partial charge in [0.2, 0.25) is 0 Å². The van der Waals surface area contributed by atoms with Crippen molar-refractivity contribution < 1.29 is 0 Å². The van der Waals surface area contributed by atoms with Gasteiger partial charge in [-0.15, -0.1) is 6.58 Å². The van der Waals surface area contributed by atoms with Crippen molar-refractivity contribution >= 4 is 0 Å². The molecule has 0 bridgehead atoms. The molecule has 1 heteroatoms. The molecular formula is C20H47N. The highest BCUT2D eigenvalue weighted by molar-refractivity contribution is 4.56. The highest BCUT2D eigenvalue weighted by Crippen LogP contribution is 2.04.